The molecular weight excluding hydrogens is 230 g/mol. The van der Waals surface area contributed by atoms with Crippen LogP contribution in [0.25, 0.3) is 0 Å². The Morgan fingerprint density at radius 1 is 1.28 bits per heavy atom. The molecule has 100 valence electrons. The average molecular weight is 251 g/mol. The molecule has 0 radical (unpaired) electrons. The van der Waals surface area contributed by atoms with Crippen molar-refractivity contribution in [2.45, 2.75) is 6.42 Å². The van der Waals surface area contributed by atoms with Gasteiger partial charge in [-0.2, -0.15) is 0 Å². The second kappa shape index (κ2) is 8.46. The first kappa shape index (κ1) is 14.4. The molecule has 0 bridgehead atoms. The number of benzene rings is 1. The molecule has 18 heavy (non-hydrogen) atoms. The second-order valence-electron chi connectivity index (χ2n) is 4.06. The molecular formula is C12H21N5O. The third kappa shape index (κ3) is 6.19. The van der Waals surface area contributed by atoms with Crippen molar-refractivity contribution < 1.29 is 4.79 Å². The monoisotopic (exact) mass is 251 g/mol. The fraction of sp³-hybridized carbons (Fsp3) is 0.417. The van der Waals surface area contributed by atoms with Crippen LogP contribution in [0.5, 0.6) is 0 Å². The molecule has 0 aromatic heterocycles. The molecule has 5 N–H and O–H groups in total. The zero-order valence-corrected chi connectivity index (χ0v) is 10.6. The number of hydrogen-bond acceptors (Lipinski definition) is 4. The SMILES string of the molecule is CN(CCNNC(=O)NN)CCc1ccccc1. The largest absolute Gasteiger partial charge is 0.343 e. The molecule has 0 unspecified atom stereocenters. The molecule has 6 nitrogen and oxygen atoms in total. The molecule has 0 aliphatic rings. The van der Waals surface area contributed by atoms with Crippen molar-refractivity contribution in [1.82, 2.24) is 21.2 Å². The molecule has 6 heteroatoms. The molecule has 0 saturated carbocycles. The van der Waals surface area contributed by atoms with Crippen LogP contribution in [0.1, 0.15) is 5.56 Å². The van der Waals surface area contributed by atoms with E-state index in [4.69, 9.17) is 5.84 Å². The Kier molecular flexibility index (Phi) is 6.78. The molecule has 1 aromatic rings. The van der Waals surface area contributed by atoms with E-state index in [2.05, 4.69) is 27.9 Å². The third-order valence-corrected chi connectivity index (χ3v) is 2.58. The summed E-state index contributed by atoms with van der Waals surface area (Å²) in [5.41, 5.74) is 8.50. The first-order chi connectivity index (χ1) is 8.72. The van der Waals surface area contributed by atoms with Crippen LogP contribution in [-0.4, -0.2) is 37.6 Å². The van der Waals surface area contributed by atoms with Gasteiger partial charge < -0.3 is 4.90 Å². The maximum absolute atomic E-state index is 10.7. The van der Waals surface area contributed by atoms with E-state index >= 15 is 0 Å². The fourth-order valence-corrected chi connectivity index (χ4v) is 1.50. The van der Waals surface area contributed by atoms with Crippen LogP contribution >= 0.6 is 0 Å². The fourth-order valence-electron chi connectivity index (χ4n) is 1.50. The van der Waals surface area contributed by atoms with Gasteiger partial charge in [-0.05, 0) is 19.0 Å². The molecule has 0 aliphatic heterocycles. The normalized spacial score (nSPS) is 10.4. The van der Waals surface area contributed by atoms with Gasteiger partial charge in [-0.25, -0.2) is 16.1 Å². The summed E-state index contributed by atoms with van der Waals surface area (Å²) < 4.78 is 0. The summed E-state index contributed by atoms with van der Waals surface area (Å²) in [6, 6.07) is 9.92. The van der Waals surface area contributed by atoms with E-state index in [0.29, 0.717) is 6.54 Å². The van der Waals surface area contributed by atoms with E-state index in [1.807, 2.05) is 30.7 Å². The Bertz CT molecular complexity index is 344. The summed E-state index contributed by atoms with van der Waals surface area (Å²) >= 11 is 0. The standard InChI is InChI=1S/C12H21N5O/c1-17(10-8-14-16-12(18)15-13)9-7-11-5-3-2-4-6-11/h2-6,14H,7-10,13H2,1H3,(H2,15,16,18). The van der Waals surface area contributed by atoms with Gasteiger partial charge >= 0.3 is 6.03 Å². The summed E-state index contributed by atoms with van der Waals surface area (Å²) in [5.74, 6) is 4.91. The highest BCUT2D eigenvalue weighted by atomic mass is 16.2. The van der Waals surface area contributed by atoms with E-state index in [-0.39, 0.29) is 0 Å². The molecule has 0 fully saturated rings. The van der Waals surface area contributed by atoms with Gasteiger partial charge in [0.1, 0.15) is 0 Å². The number of hydrazine groups is 2. The summed E-state index contributed by atoms with van der Waals surface area (Å²) in [7, 11) is 2.05. The zero-order chi connectivity index (χ0) is 13.2. The van der Waals surface area contributed by atoms with Crippen molar-refractivity contribution in [3.8, 4) is 0 Å². The van der Waals surface area contributed by atoms with Crippen LogP contribution in [0.4, 0.5) is 4.79 Å². The number of urea groups is 1. The lowest BCUT2D eigenvalue weighted by molar-refractivity contribution is 0.235. The van der Waals surface area contributed by atoms with Gasteiger partial charge in [0.25, 0.3) is 0 Å². The minimum Gasteiger partial charge on any atom is -0.305 e. The van der Waals surface area contributed by atoms with Gasteiger partial charge in [0.15, 0.2) is 0 Å². The van der Waals surface area contributed by atoms with E-state index in [1.165, 1.54) is 5.56 Å². The van der Waals surface area contributed by atoms with Gasteiger partial charge in [-0.1, -0.05) is 30.3 Å². The maximum atomic E-state index is 10.7. The van der Waals surface area contributed by atoms with Crippen LogP contribution in [0.3, 0.4) is 0 Å². The van der Waals surface area contributed by atoms with Crippen molar-refractivity contribution in [2.24, 2.45) is 5.84 Å². The van der Waals surface area contributed by atoms with Crippen LogP contribution in [-0.2, 0) is 6.42 Å². The molecule has 1 aromatic carbocycles. The third-order valence-electron chi connectivity index (χ3n) is 2.58. The Labute approximate surface area is 107 Å². The highest BCUT2D eigenvalue weighted by Crippen LogP contribution is 1.99. The minimum absolute atomic E-state index is 0.443. The van der Waals surface area contributed by atoms with Crippen molar-refractivity contribution in [3.05, 3.63) is 35.9 Å². The predicted octanol–water partition coefficient (Wildman–Crippen LogP) is -0.162. The number of nitrogens with one attached hydrogen (secondary N) is 3. The predicted molar refractivity (Wildman–Crippen MR) is 71.5 cm³/mol. The summed E-state index contributed by atoms with van der Waals surface area (Å²) in [4.78, 5) is 12.9. The number of carbonyl (C=O) groups excluding carboxylic acids is 1. The Hall–Kier alpha value is -1.63. The van der Waals surface area contributed by atoms with Gasteiger partial charge in [-0.15, -0.1) is 0 Å². The second-order valence-corrected chi connectivity index (χ2v) is 4.06. The number of likely N-dealkylation sites (N-methyl/N-ethyl adjacent to an activating group) is 1. The lowest BCUT2D eigenvalue weighted by atomic mass is 10.1. The Morgan fingerprint density at radius 2 is 2.00 bits per heavy atom. The van der Waals surface area contributed by atoms with E-state index < -0.39 is 6.03 Å². The van der Waals surface area contributed by atoms with Crippen molar-refractivity contribution in [2.75, 3.05) is 26.7 Å². The van der Waals surface area contributed by atoms with E-state index in [0.717, 1.165) is 19.5 Å². The number of amides is 2. The average Bonchev–Trinajstić information content (AvgIpc) is 2.42. The van der Waals surface area contributed by atoms with Gasteiger partial charge in [0.2, 0.25) is 0 Å². The highest BCUT2D eigenvalue weighted by molar-refractivity contribution is 5.72. The summed E-state index contributed by atoms with van der Waals surface area (Å²) in [5, 5.41) is 0. The van der Waals surface area contributed by atoms with E-state index in [1.54, 1.807) is 0 Å². The van der Waals surface area contributed by atoms with Crippen molar-refractivity contribution in [1.29, 1.82) is 0 Å². The van der Waals surface area contributed by atoms with Crippen LogP contribution in [0.15, 0.2) is 30.3 Å². The van der Waals surface area contributed by atoms with Gasteiger partial charge in [-0.3, -0.25) is 10.9 Å². The quantitative estimate of drug-likeness (QED) is 0.235. The van der Waals surface area contributed by atoms with Crippen molar-refractivity contribution >= 4 is 6.03 Å². The lowest BCUT2D eigenvalue weighted by Gasteiger charge is -2.17. The molecule has 0 spiro atoms. The number of carbonyl (C=O) groups is 1. The number of nitrogens with two attached hydrogens (primary N) is 1. The van der Waals surface area contributed by atoms with Crippen LogP contribution in [0.2, 0.25) is 0 Å². The number of hydrogen-bond donors (Lipinski definition) is 4. The Balaban J connectivity index is 2.07. The zero-order valence-electron chi connectivity index (χ0n) is 10.6. The molecule has 0 heterocycles. The first-order valence-electron chi connectivity index (χ1n) is 5.94. The molecule has 2 amide bonds. The van der Waals surface area contributed by atoms with E-state index in [9.17, 15) is 4.79 Å². The molecule has 0 aliphatic carbocycles. The summed E-state index contributed by atoms with van der Waals surface area (Å²) in [6.07, 6.45) is 1.02. The minimum atomic E-state index is -0.443. The lowest BCUT2D eigenvalue weighted by Crippen LogP contribution is -2.48. The van der Waals surface area contributed by atoms with Crippen LogP contribution in [0, 0.1) is 0 Å². The first-order valence-corrected chi connectivity index (χ1v) is 5.94. The van der Waals surface area contributed by atoms with Crippen molar-refractivity contribution in [3.63, 3.8) is 0 Å². The smallest absolute Gasteiger partial charge is 0.305 e. The number of rotatable bonds is 7. The van der Waals surface area contributed by atoms with Gasteiger partial charge in [0.05, 0.1) is 0 Å². The summed E-state index contributed by atoms with van der Waals surface area (Å²) in [6.45, 7) is 2.49. The molecule has 0 atom stereocenters. The Morgan fingerprint density at radius 3 is 2.67 bits per heavy atom. The topological polar surface area (TPSA) is 82.4 Å². The maximum Gasteiger partial charge on any atom is 0.343 e. The number of nitrogens with zero attached hydrogens (tertiary/aromatic N) is 1. The van der Waals surface area contributed by atoms with Crippen LogP contribution < -0.4 is 22.1 Å². The molecule has 0 saturated heterocycles. The van der Waals surface area contributed by atoms with Gasteiger partial charge in [0, 0.05) is 19.6 Å². The highest BCUT2D eigenvalue weighted by Gasteiger charge is 1.99. The molecule has 1 rings (SSSR count).